The summed E-state index contributed by atoms with van der Waals surface area (Å²) < 4.78 is 0. The highest BCUT2D eigenvalue weighted by Gasteiger charge is 2.26. The van der Waals surface area contributed by atoms with Gasteiger partial charge in [0.2, 0.25) is 5.91 Å². The Kier molecular flexibility index (Phi) is 4.45. The summed E-state index contributed by atoms with van der Waals surface area (Å²) in [6.45, 7) is 0.129. The lowest BCUT2D eigenvalue weighted by Crippen LogP contribution is -2.37. The largest absolute Gasteiger partial charge is 0.356 e. The molecule has 1 aliphatic heterocycles. The van der Waals surface area contributed by atoms with E-state index in [1.165, 1.54) is 23.1 Å². The lowest BCUT2D eigenvalue weighted by Gasteiger charge is -2.28. The molecule has 0 spiro atoms. The molecule has 0 fully saturated rings. The monoisotopic (exact) mass is 294 g/mol. The van der Waals surface area contributed by atoms with Crippen LogP contribution in [0.15, 0.2) is 18.2 Å². The number of carbonyl (C=O) groups is 2. The molecular weight excluding hydrogens is 280 g/mol. The Bertz CT molecular complexity index is 589. The molecule has 21 heavy (non-hydrogen) atoms. The molecular formula is C12H14N4O5. The molecule has 1 aromatic rings. The third kappa shape index (κ3) is 3.33. The number of nitro groups is 1. The number of nitro benzene ring substituents is 1. The minimum Gasteiger partial charge on any atom is -0.356 e. The van der Waals surface area contributed by atoms with Crippen molar-refractivity contribution in [2.45, 2.75) is 19.3 Å². The SMILES string of the molecule is NNOC(=O)CCN1C(=O)CCc2cc([N+](=O)[O-])ccc21. The number of carbonyl (C=O) groups excluding carboxylic acids is 2. The minimum atomic E-state index is -0.598. The van der Waals surface area contributed by atoms with Gasteiger partial charge in [-0.05, 0) is 18.1 Å². The van der Waals surface area contributed by atoms with Crippen molar-refractivity contribution in [2.75, 3.05) is 11.4 Å². The summed E-state index contributed by atoms with van der Waals surface area (Å²) in [5.74, 6) is 4.12. The van der Waals surface area contributed by atoms with Crippen LogP contribution in [0.2, 0.25) is 0 Å². The number of rotatable bonds is 5. The van der Waals surface area contributed by atoms with Crippen molar-refractivity contribution >= 4 is 23.3 Å². The zero-order valence-electron chi connectivity index (χ0n) is 11.1. The predicted octanol–water partition coefficient (Wildman–Crippen LogP) is 0.186. The fourth-order valence-corrected chi connectivity index (χ4v) is 2.22. The van der Waals surface area contributed by atoms with E-state index in [0.29, 0.717) is 17.7 Å². The van der Waals surface area contributed by atoms with Gasteiger partial charge in [0.25, 0.3) is 5.69 Å². The van der Waals surface area contributed by atoms with E-state index >= 15 is 0 Å². The number of hydrogen-bond acceptors (Lipinski definition) is 7. The molecule has 9 heteroatoms. The molecule has 0 saturated heterocycles. The number of aryl methyl sites for hydroxylation is 1. The highest BCUT2D eigenvalue weighted by Crippen LogP contribution is 2.31. The van der Waals surface area contributed by atoms with E-state index in [1.54, 1.807) is 5.59 Å². The fraction of sp³-hybridized carbons (Fsp3) is 0.333. The number of hydrazine groups is 1. The van der Waals surface area contributed by atoms with Crippen LogP contribution in [0.1, 0.15) is 18.4 Å². The number of non-ortho nitro benzene ring substituents is 1. The van der Waals surface area contributed by atoms with E-state index in [4.69, 9.17) is 5.84 Å². The Morgan fingerprint density at radius 1 is 1.48 bits per heavy atom. The first-order chi connectivity index (χ1) is 10.0. The van der Waals surface area contributed by atoms with Crippen molar-refractivity contribution in [3.05, 3.63) is 33.9 Å². The standard InChI is InChI=1S/C12H14N4O5/c13-14-21-12(18)5-6-15-10-3-2-9(16(19)20)7-8(10)1-4-11(15)17/h2-3,7,14H,1,4-6,13H2. The van der Waals surface area contributed by atoms with Gasteiger partial charge in [-0.2, -0.15) is 0 Å². The predicted molar refractivity (Wildman–Crippen MR) is 71.8 cm³/mol. The Labute approximate surface area is 119 Å². The summed E-state index contributed by atoms with van der Waals surface area (Å²) in [6, 6.07) is 4.32. The lowest BCUT2D eigenvalue weighted by molar-refractivity contribution is -0.384. The number of hydrogen-bond donors (Lipinski definition) is 2. The second kappa shape index (κ2) is 6.29. The molecule has 0 saturated carbocycles. The Balaban J connectivity index is 2.18. The van der Waals surface area contributed by atoms with Crippen molar-refractivity contribution < 1.29 is 19.3 Å². The highest BCUT2D eigenvalue weighted by molar-refractivity contribution is 5.97. The summed E-state index contributed by atoms with van der Waals surface area (Å²) in [5.41, 5.74) is 3.06. The van der Waals surface area contributed by atoms with Crippen molar-refractivity contribution in [1.82, 2.24) is 5.59 Å². The molecule has 1 amide bonds. The molecule has 0 unspecified atom stereocenters. The zero-order valence-corrected chi connectivity index (χ0v) is 11.1. The summed E-state index contributed by atoms with van der Waals surface area (Å²) >= 11 is 0. The molecule has 1 aliphatic rings. The molecule has 1 aromatic carbocycles. The average Bonchev–Trinajstić information content (AvgIpc) is 2.46. The van der Waals surface area contributed by atoms with Gasteiger partial charge in [-0.1, -0.05) is 5.59 Å². The first-order valence-electron chi connectivity index (χ1n) is 6.26. The average molecular weight is 294 g/mol. The number of amides is 1. The van der Waals surface area contributed by atoms with E-state index in [2.05, 4.69) is 4.84 Å². The van der Waals surface area contributed by atoms with Crippen LogP contribution in [0.5, 0.6) is 0 Å². The van der Waals surface area contributed by atoms with Gasteiger partial charge in [0.15, 0.2) is 0 Å². The molecule has 1 heterocycles. The first-order valence-corrected chi connectivity index (χ1v) is 6.26. The molecule has 9 nitrogen and oxygen atoms in total. The van der Waals surface area contributed by atoms with Crippen molar-refractivity contribution in [3.63, 3.8) is 0 Å². The van der Waals surface area contributed by atoms with E-state index in [-0.39, 0.29) is 31.0 Å². The molecule has 0 atom stereocenters. The maximum atomic E-state index is 11.9. The number of nitrogens with one attached hydrogen (secondary N) is 1. The summed E-state index contributed by atoms with van der Waals surface area (Å²) in [4.78, 5) is 39.3. The Morgan fingerprint density at radius 3 is 2.90 bits per heavy atom. The van der Waals surface area contributed by atoms with E-state index < -0.39 is 10.9 Å². The Morgan fingerprint density at radius 2 is 2.24 bits per heavy atom. The maximum Gasteiger partial charge on any atom is 0.328 e. The number of anilines is 1. The maximum absolute atomic E-state index is 11.9. The zero-order chi connectivity index (χ0) is 15.4. The second-order valence-electron chi connectivity index (χ2n) is 4.46. The van der Waals surface area contributed by atoms with Crippen molar-refractivity contribution in [2.24, 2.45) is 5.84 Å². The number of benzene rings is 1. The highest BCUT2D eigenvalue weighted by atomic mass is 16.7. The van der Waals surface area contributed by atoms with Crippen LogP contribution in [0.4, 0.5) is 11.4 Å². The van der Waals surface area contributed by atoms with E-state index in [0.717, 1.165) is 0 Å². The summed E-state index contributed by atoms with van der Waals surface area (Å²) in [6.07, 6.45) is 0.659. The lowest BCUT2D eigenvalue weighted by atomic mass is 10.0. The Hall–Kier alpha value is -2.52. The number of nitrogens with two attached hydrogens (primary N) is 1. The molecule has 0 aliphatic carbocycles. The van der Waals surface area contributed by atoms with E-state index in [9.17, 15) is 19.7 Å². The quantitative estimate of drug-likeness (QED) is 0.450. The first kappa shape index (κ1) is 14.9. The van der Waals surface area contributed by atoms with Gasteiger partial charge >= 0.3 is 5.97 Å². The normalized spacial score (nSPS) is 13.8. The van der Waals surface area contributed by atoms with Gasteiger partial charge in [0, 0.05) is 30.8 Å². The molecule has 0 bridgehead atoms. The van der Waals surface area contributed by atoms with Crippen LogP contribution in [-0.2, 0) is 20.8 Å². The topological polar surface area (TPSA) is 128 Å². The van der Waals surface area contributed by atoms with Gasteiger partial charge in [0.05, 0.1) is 11.3 Å². The van der Waals surface area contributed by atoms with Crippen LogP contribution in [0, 0.1) is 10.1 Å². The van der Waals surface area contributed by atoms with Gasteiger partial charge in [0.1, 0.15) is 0 Å². The molecule has 112 valence electrons. The fourth-order valence-electron chi connectivity index (χ4n) is 2.22. The summed E-state index contributed by atoms with van der Waals surface area (Å²) in [7, 11) is 0. The van der Waals surface area contributed by atoms with Gasteiger partial charge < -0.3 is 9.74 Å². The van der Waals surface area contributed by atoms with Crippen LogP contribution in [0.25, 0.3) is 0 Å². The molecule has 0 radical (unpaired) electrons. The van der Waals surface area contributed by atoms with Crippen LogP contribution in [0.3, 0.4) is 0 Å². The van der Waals surface area contributed by atoms with Gasteiger partial charge in [-0.15, -0.1) is 0 Å². The van der Waals surface area contributed by atoms with E-state index in [1.807, 2.05) is 0 Å². The second-order valence-corrected chi connectivity index (χ2v) is 4.46. The van der Waals surface area contributed by atoms with Crippen molar-refractivity contribution in [1.29, 1.82) is 0 Å². The van der Waals surface area contributed by atoms with Gasteiger partial charge in [-0.3, -0.25) is 19.7 Å². The minimum absolute atomic E-state index is 0.0187. The number of nitrogens with zero attached hydrogens (tertiary/aromatic N) is 2. The van der Waals surface area contributed by atoms with Crippen LogP contribution >= 0.6 is 0 Å². The smallest absolute Gasteiger partial charge is 0.328 e. The van der Waals surface area contributed by atoms with Crippen molar-refractivity contribution in [3.8, 4) is 0 Å². The van der Waals surface area contributed by atoms with Crippen LogP contribution < -0.4 is 16.3 Å². The molecule has 2 rings (SSSR count). The third-order valence-corrected chi connectivity index (χ3v) is 3.19. The third-order valence-electron chi connectivity index (χ3n) is 3.19. The summed E-state index contributed by atoms with van der Waals surface area (Å²) in [5, 5.41) is 10.8. The van der Waals surface area contributed by atoms with Crippen LogP contribution in [-0.4, -0.2) is 23.3 Å². The number of fused-ring (bicyclic) bond motifs is 1. The van der Waals surface area contributed by atoms with Gasteiger partial charge in [-0.25, -0.2) is 5.84 Å². The molecule has 3 N–H and O–H groups in total. The molecule has 0 aromatic heterocycles.